The lowest BCUT2D eigenvalue weighted by molar-refractivity contribution is 0.166. The van der Waals surface area contributed by atoms with E-state index in [4.69, 9.17) is 10.7 Å². The molecule has 3 heterocycles. The Morgan fingerprint density at radius 3 is 2.46 bits per heavy atom. The first-order valence-corrected chi connectivity index (χ1v) is 10.4. The van der Waals surface area contributed by atoms with E-state index in [1.54, 1.807) is 0 Å². The summed E-state index contributed by atoms with van der Waals surface area (Å²) in [5, 5.41) is 0. The Morgan fingerprint density at radius 2 is 1.68 bits per heavy atom. The lowest BCUT2D eigenvalue weighted by Gasteiger charge is -2.42. The average Bonchev–Trinajstić information content (AvgIpc) is 3.12. The van der Waals surface area contributed by atoms with Gasteiger partial charge in [-0.05, 0) is 49.0 Å². The molecule has 1 spiro atoms. The van der Waals surface area contributed by atoms with Crippen LogP contribution in [-0.2, 0) is 31.5 Å². The fraction of sp³-hybridized carbons (Fsp3) is 0.375. The van der Waals surface area contributed by atoms with Gasteiger partial charge in [-0.3, -0.25) is 4.90 Å². The largest absolute Gasteiger partial charge is 0.330 e. The quantitative estimate of drug-likeness (QED) is 0.766. The van der Waals surface area contributed by atoms with Gasteiger partial charge in [-0.25, -0.2) is 4.98 Å². The van der Waals surface area contributed by atoms with E-state index in [0.29, 0.717) is 6.54 Å². The smallest absolute Gasteiger partial charge is 0.119 e. The zero-order chi connectivity index (χ0) is 19.0. The lowest BCUT2D eigenvalue weighted by Crippen LogP contribution is -2.44. The van der Waals surface area contributed by atoms with E-state index in [-0.39, 0.29) is 5.41 Å². The maximum atomic E-state index is 6.03. The van der Waals surface area contributed by atoms with Crippen LogP contribution in [0.5, 0.6) is 0 Å². The minimum Gasteiger partial charge on any atom is -0.330 e. The van der Waals surface area contributed by atoms with Gasteiger partial charge in [-0.2, -0.15) is 0 Å². The molecule has 0 unspecified atom stereocenters. The molecule has 2 aromatic carbocycles. The molecule has 4 nitrogen and oxygen atoms in total. The number of aryl methyl sites for hydroxylation is 1. The van der Waals surface area contributed by atoms with Crippen LogP contribution in [0.2, 0.25) is 0 Å². The van der Waals surface area contributed by atoms with E-state index in [9.17, 15) is 0 Å². The molecule has 0 atom stereocenters. The second-order valence-corrected chi connectivity index (χ2v) is 8.18. The second-order valence-electron chi connectivity index (χ2n) is 8.18. The van der Waals surface area contributed by atoms with E-state index in [1.165, 1.54) is 22.5 Å². The van der Waals surface area contributed by atoms with Crippen LogP contribution in [-0.4, -0.2) is 27.5 Å². The van der Waals surface area contributed by atoms with Crippen LogP contribution in [0.25, 0.3) is 0 Å². The number of benzene rings is 2. The summed E-state index contributed by atoms with van der Waals surface area (Å²) in [5.41, 5.74) is 11.6. The molecule has 0 bridgehead atoms. The molecule has 0 amide bonds. The third-order valence-electron chi connectivity index (χ3n) is 6.67. The maximum Gasteiger partial charge on any atom is 0.119 e. The molecule has 144 valence electrons. The summed E-state index contributed by atoms with van der Waals surface area (Å²) in [6.45, 7) is 4.75. The highest BCUT2D eigenvalue weighted by Gasteiger charge is 2.43. The summed E-state index contributed by atoms with van der Waals surface area (Å²) in [7, 11) is 0. The van der Waals surface area contributed by atoms with Crippen molar-refractivity contribution in [2.24, 2.45) is 5.73 Å². The van der Waals surface area contributed by atoms with Gasteiger partial charge in [0, 0.05) is 25.8 Å². The molecule has 5 rings (SSSR count). The highest BCUT2D eigenvalue weighted by molar-refractivity contribution is 5.43. The molecule has 0 aliphatic carbocycles. The first-order valence-electron chi connectivity index (χ1n) is 10.4. The van der Waals surface area contributed by atoms with Crippen molar-refractivity contribution in [3.8, 4) is 0 Å². The van der Waals surface area contributed by atoms with Crippen LogP contribution in [0, 0.1) is 0 Å². The van der Waals surface area contributed by atoms with Gasteiger partial charge in [-0.15, -0.1) is 0 Å². The Hall–Kier alpha value is -2.43. The zero-order valence-electron chi connectivity index (χ0n) is 16.3. The third kappa shape index (κ3) is 2.88. The van der Waals surface area contributed by atoms with Gasteiger partial charge in [0.25, 0.3) is 0 Å². The monoisotopic (exact) mass is 372 g/mol. The number of piperidine rings is 1. The topological polar surface area (TPSA) is 47.1 Å². The number of rotatable bonds is 3. The second kappa shape index (κ2) is 7.19. The Kier molecular flexibility index (Phi) is 4.53. The average molecular weight is 373 g/mol. The maximum absolute atomic E-state index is 6.03. The molecule has 4 heteroatoms. The summed E-state index contributed by atoms with van der Waals surface area (Å²) in [6.07, 6.45) is 5.28. The Bertz CT molecular complexity index is 952. The van der Waals surface area contributed by atoms with Crippen molar-refractivity contribution in [1.29, 1.82) is 0 Å². The van der Waals surface area contributed by atoms with Gasteiger partial charge in [-0.1, -0.05) is 54.6 Å². The summed E-state index contributed by atoms with van der Waals surface area (Å²) >= 11 is 0. The number of hydrogen-bond acceptors (Lipinski definition) is 3. The minimum atomic E-state index is 0.00764. The molecular weight excluding hydrogens is 344 g/mol. The lowest BCUT2D eigenvalue weighted by atomic mass is 9.70. The molecule has 1 saturated heterocycles. The first-order chi connectivity index (χ1) is 13.8. The van der Waals surface area contributed by atoms with Crippen LogP contribution in [0.1, 0.15) is 41.1 Å². The number of nitrogens with two attached hydrogens (primary N) is 1. The van der Waals surface area contributed by atoms with Crippen molar-refractivity contribution >= 4 is 0 Å². The molecule has 2 aliphatic heterocycles. The Balaban J connectivity index is 1.49. The van der Waals surface area contributed by atoms with Crippen molar-refractivity contribution in [3.63, 3.8) is 0 Å². The van der Waals surface area contributed by atoms with E-state index in [2.05, 4.69) is 64.1 Å². The predicted molar refractivity (Wildman–Crippen MR) is 112 cm³/mol. The molecule has 2 aliphatic rings. The normalized spacial score (nSPS) is 18.5. The SMILES string of the molecule is NCc1cnc2n1CCc1ccccc1C21CCN(Cc2ccccc2)CC1. The first kappa shape index (κ1) is 17.7. The van der Waals surface area contributed by atoms with Crippen molar-refractivity contribution in [1.82, 2.24) is 14.5 Å². The molecule has 1 fully saturated rings. The van der Waals surface area contributed by atoms with Crippen molar-refractivity contribution in [2.75, 3.05) is 13.1 Å². The number of likely N-dealkylation sites (tertiary alicyclic amines) is 1. The predicted octanol–water partition coefficient (Wildman–Crippen LogP) is 3.48. The van der Waals surface area contributed by atoms with E-state index in [0.717, 1.165) is 51.1 Å². The highest BCUT2D eigenvalue weighted by atomic mass is 15.2. The molecule has 2 N–H and O–H groups in total. The standard InChI is InChI=1S/C24H28N4/c25-16-21-17-26-23-24(22-9-5-4-8-20(22)10-13-28(21)23)11-14-27(15-12-24)18-19-6-2-1-3-7-19/h1-9,17H,10-16,18,25H2. The van der Waals surface area contributed by atoms with Crippen molar-refractivity contribution < 1.29 is 0 Å². The van der Waals surface area contributed by atoms with Crippen molar-refractivity contribution in [2.45, 2.75) is 44.3 Å². The van der Waals surface area contributed by atoms with Crippen LogP contribution in [0.3, 0.4) is 0 Å². The van der Waals surface area contributed by atoms with E-state index >= 15 is 0 Å². The number of fused-ring (bicyclic) bond motifs is 4. The summed E-state index contributed by atoms with van der Waals surface area (Å²) in [5.74, 6) is 1.23. The molecule has 1 aromatic heterocycles. The summed E-state index contributed by atoms with van der Waals surface area (Å²) in [4.78, 5) is 7.53. The molecule has 28 heavy (non-hydrogen) atoms. The highest BCUT2D eigenvalue weighted by Crippen LogP contribution is 2.44. The molecule has 0 radical (unpaired) electrons. The number of hydrogen-bond donors (Lipinski definition) is 1. The summed E-state index contributed by atoms with van der Waals surface area (Å²) in [6, 6.07) is 19.8. The Morgan fingerprint density at radius 1 is 0.929 bits per heavy atom. The number of imidazole rings is 1. The third-order valence-corrected chi connectivity index (χ3v) is 6.67. The van der Waals surface area contributed by atoms with Gasteiger partial charge in [0.15, 0.2) is 0 Å². The van der Waals surface area contributed by atoms with Gasteiger partial charge in [0.05, 0.1) is 11.1 Å². The van der Waals surface area contributed by atoms with Gasteiger partial charge < -0.3 is 10.3 Å². The molecular formula is C24H28N4. The van der Waals surface area contributed by atoms with Crippen LogP contribution < -0.4 is 5.73 Å². The fourth-order valence-corrected chi connectivity index (χ4v) is 5.19. The van der Waals surface area contributed by atoms with Crippen LogP contribution in [0.4, 0.5) is 0 Å². The summed E-state index contributed by atoms with van der Waals surface area (Å²) < 4.78 is 2.41. The van der Waals surface area contributed by atoms with Gasteiger partial charge in [0.2, 0.25) is 0 Å². The number of aromatic nitrogens is 2. The molecule has 3 aromatic rings. The minimum absolute atomic E-state index is 0.00764. The number of nitrogens with zero attached hydrogens (tertiary/aromatic N) is 3. The van der Waals surface area contributed by atoms with E-state index < -0.39 is 0 Å². The fourth-order valence-electron chi connectivity index (χ4n) is 5.19. The van der Waals surface area contributed by atoms with E-state index in [1.807, 2.05) is 6.20 Å². The van der Waals surface area contributed by atoms with Crippen molar-refractivity contribution in [3.05, 3.63) is 89.0 Å². The van der Waals surface area contributed by atoms with Gasteiger partial charge >= 0.3 is 0 Å². The molecule has 0 saturated carbocycles. The van der Waals surface area contributed by atoms with Crippen LogP contribution >= 0.6 is 0 Å². The van der Waals surface area contributed by atoms with Crippen LogP contribution in [0.15, 0.2) is 60.8 Å². The van der Waals surface area contributed by atoms with Gasteiger partial charge in [0.1, 0.15) is 5.82 Å². The Labute approximate surface area is 167 Å². The zero-order valence-corrected chi connectivity index (χ0v) is 16.3.